The second-order valence-corrected chi connectivity index (χ2v) is 5.52. The van der Waals surface area contributed by atoms with Gasteiger partial charge >= 0.3 is 0 Å². The highest BCUT2D eigenvalue weighted by Gasteiger charge is 2.61. The highest BCUT2D eigenvalue weighted by molar-refractivity contribution is 5.49. The normalized spacial score (nSPS) is 52.4. The molecule has 0 N–H and O–H groups in total. The molecule has 13 heavy (non-hydrogen) atoms. The van der Waals surface area contributed by atoms with Crippen molar-refractivity contribution in [1.29, 1.82) is 0 Å². The van der Waals surface area contributed by atoms with E-state index >= 15 is 0 Å². The van der Waals surface area contributed by atoms with Gasteiger partial charge in [-0.25, -0.2) is 0 Å². The fraction of sp³-hybridized carbons (Fsp3) is 0.846. The third-order valence-electron chi connectivity index (χ3n) is 5.35. The summed E-state index contributed by atoms with van der Waals surface area (Å²) >= 11 is 0. The Morgan fingerprint density at radius 3 is 2.31 bits per heavy atom. The Morgan fingerprint density at radius 1 is 1.31 bits per heavy atom. The fourth-order valence-electron chi connectivity index (χ4n) is 4.55. The summed E-state index contributed by atoms with van der Waals surface area (Å²) in [5, 5.41) is 0. The van der Waals surface area contributed by atoms with E-state index in [9.17, 15) is 0 Å². The Hall–Kier alpha value is -0.260. The molecule has 0 spiro atoms. The van der Waals surface area contributed by atoms with Crippen LogP contribution in [-0.4, -0.2) is 0 Å². The van der Waals surface area contributed by atoms with Crippen LogP contribution in [0.4, 0.5) is 0 Å². The maximum atomic E-state index is 2.51. The average Bonchev–Trinajstić information content (AvgIpc) is 2.53. The van der Waals surface area contributed by atoms with Crippen molar-refractivity contribution < 1.29 is 0 Å². The smallest absolute Gasteiger partial charge is 0.0129 e. The molecule has 4 aliphatic carbocycles. The second-order valence-electron chi connectivity index (χ2n) is 5.52. The molecule has 0 heterocycles. The first-order valence-electron chi connectivity index (χ1n) is 5.90. The van der Waals surface area contributed by atoms with Crippen LogP contribution >= 0.6 is 0 Å². The predicted molar refractivity (Wildman–Crippen MR) is 55.4 cm³/mol. The monoisotopic (exact) mass is 176 g/mol. The zero-order valence-corrected chi connectivity index (χ0v) is 9.06. The van der Waals surface area contributed by atoms with Crippen LogP contribution in [0.15, 0.2) is 11.1 Å². The van der Waals surface area contributed by atoms with Gasteiger partial charge in [-0.05, 0) is 50.4 Å². The van der Waals surface area contributed by atoms with Crippen molar-refractivity contribution in [2.75, 3.05) is 0 Å². The second kappa shape index (κ2) is 2.21. The van der Waals surface area contributed by atoms with Gasteiger partial charge in [-0.15, -0.1) is 0 Å². The van der Waals surface area contributed by atoms with Gasteiger partial charge in [0.25, 0.3) is 0 Å². The zero-order valence-electron chi connectivity index (χ0n) is 9.06. The Bertz CT molecular complexity index is 272. The lowest BCUT2D eigenvalue weighted by Gasteiger charge is -2.42. The van der Waals surface area contributed by atoms with Crippen LogP contribution in [0.3, 0.4) is 0 Å². The van der Waals surface area contributed by atoms with E-state index in [1.165, 1.54) is 19.3 Å². The molecule has 4 rings (SSSR count). The Morgan fingerprint density at radius 2 is 1.92 bits per heavy atom. The largest absolute Gasteiger partial charge is 0.0629 e. The number of rotatable bonds is 2. The molecule has 0 radical (unpaired) electrons. The summed E-state index contributed by atoms with van der Waals surface area (Å²) in [5.41, 5.74) is 4.16. The summed E-state index contributed by atoms with van der Waals surface area (Å²) in [6.07, 6.45) is 5.94. The van der Waals surface area contributed by atoms with Crippen molar-refractivity contribution in [2.45, 2.75) is 46.5 Å². The van der Waals surface area contributed by atoms with Crippen molar-refractivity contribution in [2.24, 2.45) is 23.2 Å². The molecule has 0 aliphatic heterocycles. The molecule has 0 aromatic carbocycles. The molecule has 4 aliphatic rings. The van der Waals surface area contributed by atoms with E-state index in [1.54, 1.807) is 17.6 Å². The van der Waals surface area contributed by atoms with Gasteiger partial charge in [-0.3, -0.25) is 0 Å². The summed E-state index contributed by atoms with van der Waals surface area (Å²) in [6.45, 7) is 7.21. The SMILES string of the molecule is CCC1=C(C)C1(C)C1C2CCC1C2. The first kappa shape index (κ1) is 8.08. The van der Waals surface area contributed by atoms with E-state index in [0.717, 1.165) is 17.8 Å². The molecule has 0 saturated heterocycles. The lowest BCUT2D eigenvalue weighted by Crippen LogP contribution is -2.36. The maximum absolute atomic E-state index is 2.51. The number of hydrogen-bond acceptors (Lipinski definition) is 0. The topological polar surface area (TPSA) is 0 Å². The molecule has 0 amide bonds. The van der Waals surface area contributed by atoms with Crippen molar-refractivity contribution >= 4 is 0 Å². The van der Waals surface area contributed by atoms with E-state index in [0.29, 0.717) is 5.41 Å². The molecule has 0 aromatic rings. The molecule has 0 aromatic heterocycles. The van der Waals surface area contributed by atoms with Gasteiger partial charge in [0.2, 0.25) is 0 Å². The summed E-state index contributed by atoms with van der Waals surface area (Å²) in [4.78, 5) is 0. The Labute approximate surface area is 81.4 Å². The van der Waals surface area contributed by atoms with Gasteiger partial charge in [0.1, 0.15) is 0 Å². The summed E-state index contributed by atoms with van der Waals surface area (Å²) in [5.74, 6) is 3.28. The Balaban J connectivity index is 1.82. The van der Waals surface area contributed by atoms with Gasteiger partial charge in [0.05, 0.1) is 0 Å². The van der Waals surface area contributed by atoms with E-state index in [2.05, 4.69) is 20.8 Å². The van der Waals surface area contributed by atoms with E-state index in [4.69, 9.17) is 0 Å². The third-order valence-corrected chi connectivity index (χ3v) is 5.35. The molecule has 3 atom stereocenters. The van der Waals surface area contributed by atoms with Crippen molar-refractivity contribution in [3.8, 4) is 0 Å². The number of fused-ring (bicyclic) bond motifs is 1. The van der Waals surface area contributed by atoms with Crippen LogP contribution in [0, 0.1) is 23.2 Å². The minimum atomic E-state index is 0.610. The van der Waals surface area contributed by atoms with Gasteiger partial charge in [-0.2, -0.15) is 0 Å². The van der Waals surface area contributed by atoms with Crippen molar-refractivity contribution in [3.63, 3.8) is 0 Å². The quantitative estimate of drug-likeness (QED) is 0.562. The third kappa shape index (κ3) is 0.742. The van der Waals surface area contributed by atoms with Crippen molar-refractivity contribution in [3.05, 3.63) is 11.1 Å². The fourth-order valence-corrected chi connectivity index (χ4v) is 4.55. The summed E-state index contributed by atoms with van der Waals surface area (Å²) < 4.78 is 0. The Kier molecular flexibility index (Phi) is 1.38. The molecular formula is C13H20. The maximum Gasteiger partial charge on any atom is 0.0129 e. The first-order valence-corrected chi connectivity index (χ1v) is 5.90. The molecule has 72 valence electrons. The van der Waals surface area contributed by atoms with Gasteiger partial charge in [0, 0.05) is 5.41 Å². The highest BCUT2D eigenvalue weighted by atomic mass is 14.7. The summed E-state index contributed by atoms with van der Waals surface area (Å²) in [7, 11) is 0. The predicted octanol–water partition coefficient (Wildman–Crippen LogP) is 3.78. The summed E-state index contributed by atoms with van der Waals surface area (Å²) in [6, 6.07) is 0. The molecule has 3 fully saturated rings. The van der Waals surface area contributed by atoms with Crippen molar-refractivity contribution in [1.82, 2.24) is 0 Å². The molecule has 3 saturated carbocycles. The van der Waals surface area contributed by atoms with Crippen LogP contribution in [-0.2, 0) is 0 Å². The molecule has 0 nitrogen and oxygen atoms in total. The van der Waals surface area contributed by atoms with Crippen LogP contribution < -0.4 is 0 Å². The lowest BCUT2D eigenvalue weighted by atomic mass is 9.62. The van der Waals surface area contributed by atoms with Crippen LogP contribution in [0.25, 0.3) is 0 Å². The first-order chi connectivity index (χ1) is 6.19. The lowest BCUT2D eigenvalue weighted by molar-refractivity contribution is 0.0866. The van der Waals surface area contributed by atoms with Gasteiger partial charge in [0.15, 0.2) is 0 Å². The zero-order chi connectivity index (χ0) is 9.22. The number of hydrogen-bond donors (Lipinski definition) is 0. The molecular weight excluding hydrogens is 156 g/mol. The van der Waals surface area contributed by atoms with E-state index in [1.807, 2.05) is 0 Å². The van der Waals surface area contributed by atoms with Gasteiger partial charge in [-0.1, -0.05) is 25.0 Å². The van der Waals surface area contributed by atoms with Crippen LogP contribution in [0.1, 0.15) is 46.5 Å². The molecule has 3 unspecified atom stereocenters. The number of allylic oxidation sites excluding steroid dienone is 2. The minimum Gasteiger partial charge on any atom is -0.0629 e. The van der Waals surface area contributed by atoms with Crippen LogP contribution in [0.5, 0.6) is 0 Å². The van der Waals surface area contributed by atoms with Crippen LogP contribution in [0.2, 0.25) is 0 Å². The highest BCUT2D eigenvalue weighted by Crippen LogP contribution is 2.71. The molecule has 0 heteroatoms. The average molecular weight is 176 g/mol. The van der Waals surface area contributed by atoms with E-state index in [-0.39, 0.29) is 0 Å². The minimum absolute atomic E-state index is 0.610. The molecule has 2 bridgehead atoms. The standard InChI is InChI=1S/C13H20/c1-4-11-8(2)13(11,3)12-9-5-6-10(12)7-9/h9-10,12H,4-7H2,1-3H3. The van der Waals surface area contributed by atoms with E-state index < -0.39 is 0 Å². The van der Waals surface area contributed by atoms with Gasteiger partial charge < -0.3 is 0 Å².